The van der Waals surface area contributed by atoms with Crippen molar-refractivity contribution < 1.29 is 19.8 Å². The molecule has 4 rings (SSSR count). The number of carbonyl (C=O) groups excluding carboxylic acids is 2. The molecule has 1 aromatic heterocycles. The van der Waals surface area contributed by atoms with Crippen LogP contribution in [0.15, 0.2) is 89.1 Å². The molecule has 0 aliphatic heterocycles. The minimum Gasteiger partial charge on any atom is -0.494 e. The number of para-hydroxylation sites is 2. The van der Waals surface area contributed by atoms with Crippen molar-refractivity contribution in [2.45, 2.75) is 0 Å². The molecule has 8 nitrogen and oxygen atoms in total. The van der Waals surface area contributed by atoms with Crippen LogP contribution in [-0.4, -0.2) is 26.7 Å². The third kappa shape index (κ3) is 3.49. The van der Waals surface area contributed by atoms with Crippen molar-refractivity contribution in [2.24, 2.45) is 10.2 Å². The summed E-state index contributed by atoms with van der Waals surface area (Å²) in [6, 6.07) is 20.9. The van der Waals surface area contributed by atoms with E-state index in [4.69, 9.17) is 0 Å². The Hall–Kier alpha value is -4.46. The van der Waals surface area contributed by atoms with Gasteiger partial charge in [0, 0.05) is 16.5 Å². The van der Waals surface area contributed by atoms with Gasteiger partial charge in [-0.2, -0.15) is 0 Å². The Morgan fingerprint density at radius 2 is 1.30 bits per heavy atom. The van der Waals surface area contributed by atoms with Crippen molar-refractivity contribution in [3.63, 3.8) is 0 Å². The van der Waals surface area contributed by atoms with Crippen LogP contribution in [0.5, 0.6) is 11.8 Å². The Balaban J connectivity index is 1.66. The van der Waals surface area contributed by atoms with Crippen LogP contribution < -0.4 is 5.32 Å². The highest BCUT2D eigenvalue weighted by Gasteiger charge is 2.21. The van der Waals surface area contributed by atoms with Gasteiger partial charge < -0.3 is 15.5 Å². The maximum atomic E-state index is 12.6. The summed E-state index contributed by atoms with van der Waals surface area (Å²) in [7, 11) is 0. The number of fused-ring (bicyclic) bond motifs is 1. The lowest BCUT2D eigenvalue weighted by Crippen LogP contribution is -2.07. The summed E-state index contributed by atoms with van der Waals surface area (Å²) >= 11 is 0. The zero-order valence-electron chi connectivity index (χ0n) is 15.6. The topological polar surface area (TPSA) is 116 Å². The minimum atomic E-state index is -0.801. The molecule has 0 atom stereocenters. The fraction of sp³-hybridized carbons (Fsp3) is 0. The van der Waals surface area contributed by atoms with Gasteiger partial charge in [-0.05, 0) is 36.4 Å². The van der Waals surface area contributed by atoms with Crippen molar-refractivity contribution in [1.82, 2.24) is 4.57 Å². The molecule has 8 heteroatoms. The number of aromatic hydroxyl groups is 2. The van der Waals surface area contributed by atoms with E-state index in [-0.39, 0.29) is 23.0 Å². The third-order valence-electron chi connectivity index (χ3n) is 4.46. The Bertz CT molecular complexity index is 1240. The van der Waals surface area contributed by atoms with E-state index in [2.05, 4.69) is 15.5 Å². The summed E-state index contributed by atoms with van der Waals surface area (Å²) in [4.78, 5) is 24.5. The van der Waals surface area contributed by atoms with Crippen LogP contribution in [0, 0.1) is 0 Å². The molecular weight excluding hydrogens is 384 g/mol. The molecule has 0 aliphatic rings. The second-order valence-electron chi connectivity index (χ2n) is 6.35. The smallest absolute Gasteiger partial charge is 0.364 e. The Morgan fingerprint density at radius 1 is 0.733 bits per heavy atom. The molecule has 4 aromatic rings. The van der Waals surface area contributed by atoms with Crippen LogP contribution >= 0.6 is 0 Å². The SMILES string of the molecule is O=C(N=NC(=O)c1ccccc1-n1c(O)c2ccccc2c1O)Nc1ccccc1. The van der Waals surface area contributed by atoms with E-state index in [1.165, 1.54) is 6.07 Å². The van der Waals surface area contributed by atoms with E-state index in [1.807, 2.05) is 0 Å². The zero-order chi connectivity index (χ0) is 21.1. The number of amides is 3. The fourth-order valence-electron chi connectivity index (χ4n) is 3.11. The Kier molecular flexibility index (Phi) is 4.96. The van der Waals surface area contributed by atoms with E-state index in [0.29, 0.717) is 16.5 Å². The highest BCUT2D eigenvalue weighted by atomic mass is 16.3. The molecule has 3 amide bonds. The molecule has 0 aliphatic carbocycles. The number of benzene rings is 3. The third-order valence-corrected chi connectivity index (χ3v) is 4.46. The molecule has 0 unspecified atom stereocenters. The fourth-order valence-corrected chi connectivity index (χ4v) is 3.11. The van der Waals surface area contributed by atoms with Crippen LogP contribution in [0.4, 0.5) is 10.5 Å². The summed E-state index contributed by atoms with van der Waals surface area (Å²) in [5.74, 6) is -1.24. The van der Waals surface area contributed by atoms with Crippen molar-refractivity contribution in [2.75, 3.05) is 5.32 Å². The van der Waals surface area contributed by atoms with Gasteiger partial charge in [-0.3, -0.25) is 4.79 Å². The predicted molar refractivity (Wildman–Crippen MR) is 111 cm³/mol. The molecule has 0 fully saturated rings. The average molecular weight is 400 g/mol. The zero-order valence-corrected chi connectivity index (χ0v) is 15.6. The maximum Gasteiger partial charge on any atom is 0.364 e. The normalized spacial score (nSPS) is 11.1. The predicted octanol–water partition coefficient (Wildman–Crippen LogP) is 4.87. The Labute approximate surface area is 170 Å². The lowest BCUT2D eigenvalue weighted by molar-refractivity contribution is 0.0994. The molecule has 3 N–H and O–H groups in total. The van der Waals surface area contributed by atoms with Gasteiger partial charge >= 0.3 is 6.03 Å². The molecule has 0 spiro atoms. The van der Waals surface area contributed by atoms with Crippen molar-refractivity contribution >= 4 is 28.4 Å². The molecule has 0 saturated heterocycles. The summed E-state index contributed by atoms with van der Waals surface area (Å²) in [6.07, 6.45) is 0. The van der Waals surface area contributed by atoms with Gasteiger partial charge in [0.15, 0.2) is 0 Å². The van der Waals surface area contributed by atoms with E-state index in [0.717, 1.165) is 4.57 Å². The number of azo groups is 1. The number of nitrogens with zero attached hydrogens (tertiary/aromatic N) is 3. The number of urea groups is 1. The van der Waals surface area contributed by atoms with Crippen molar-refractivity contribution in [3.8, 4) is 17.4 Å². The number of anilines is 1. The molecule has 30 heavy (non-hydrogen) atoms. The van der Waals surface area contributed by atoms with E-state index in [9.17, 15) is 19.8 Å². The molecule has 0 radical (unpaired) electrons. The van der Waals surface area contributed by atoms with Crippen LogP contribution in [0.3, 0.4) is 0 Å². The molecule has 0 saturated carbocycles. The number of rotatable bonds is 3. The van der Waals surface area contributed by atoms with Gasteiger partial charge in [0.05, 0.1) is 11.3 Å². The van der Waals surface area contributed by atoms with Gasteiger partial charge in [-0.1, -0.05) is 47.6 Å². The second kappa shape index (κ2) is 7.88. The maximum absolute atomic E-state index is 12.6. The number of hydrogen-bond donors (Lipinski definition) is 3. The van der Waals surface area contributed by atoms with Crippen LogP contribution in [0.25, 0.3) is 16.5 Å². The van der Waals surface area contributed by atoms with Crippen LogP contribution in [0.2, 0.25) is 0 Å². The second-order valence-corrected chi connectivity index (χ2v) is 6.35. The Morgan fingerprint density at radius 3 is 1.97 bits per heavy atom. The first-order chi connectivity index (χ1) is 14.6. The quantitative estimate of drug-likeness (QED) is 0.426. The number of aromatic nitrogens is 1. The first-order valence-corrected chi connectivity index (χ1v) is 8.99. The average Bonchev–Trinajstić information content (AvgIpc) is 3.03. The van der Waals surface area contributed by atoms with Gasteiger partial charge in [-0.15, -0.1) is 5.11 Å². The summed E-state index contributed by atoms with van der Waals surface area (Å²) in [5.41, 5.74) is 0.777. The van der Waals surface area contributed by atoms with Gasteiger partial charge in [0.2, 0.25) is 11.8 Å². The van der Waals surface area contributed by atoms with Crippen LogP contribution in [-0.2, 0) is 0 Å². The van der Waals surface area contributed by atoms with Crippen LogP contribution in [0.1, 0.15) is 10.4 Å². The first-order valence-electron chi connectivity index (χ1n) is 8.99. The largest absolute Gasteiger partial charge is 0.494 e. The summed E-state index contributed by atoms with van der Waals surface area (Å²) < 4.78 is 1.15. The highest BCUT2D eigenvalue weighted by molar-refractivity contribution is 6.01. The number of hydrogen-bond acceptors (Lipinski definition) is 4. The molecule has 0 bridgehead atoms. The lowest BCUT2D eigenvalue weighted by Gasteiger charge is -2.10. The van der Waals surface area contributed by atoms with E-state index >= 15 is 0 Å². The number of carbonyl (C=O) groups is 2. The van der Waals surface area contributed by atoms with E-state index in [1.54, 1.807) is 72.8 Å². The minimum absolute atomic E-state index is 0.0552. The van der Waals surface area contributed by atoms with E-state index < -0.39 is 11.9 Å². The summed E-state index contributed by atoms with van der Waals surface area (Å²) in [6.45, 7) is 0. The molecule has 148 valence electrons. The van der Waals surface area contributed by atoms with Gasteiger partial charge in [0.1, 0.15) is 0 Å². The lowest BCUT2D eigenvalue weighted by atomic mass is 10.1. The highest BCUT2D eigenvalue weighted by Crippen LogP contribution is 2.39. The van der Waals surface area contributed by atoms with Crippen molar-refractivity contribution in [3.05, 3.63) is 84.4 Å². The number of nitrogens with one attached hydrogen (secondary N) is 1. The van der Waals surface area contributed by atoms with Gasteiger partial charge in [-0.25, -0.2) is 9.36 Å². The molecular formula is C22H16N4O4. The standard InChI is InChI=1S/C22H16N4O4/c27-19(24-25-22(30)23-14-8-2-1-3-9-14)17-12-6-7-13-18(17)26-20(28)15-10-4-5-11-16(15)21(26)29/h1-13,28-29H,(H,23,30). The monoisotopic (exact) mass is 400 g/mol. The van der Waals surface area contributed by atoms with Crippen molar-refractivity contribution in [1.29, 1.82) is 0 Å². The van der Waals surface area contributed by atoms with Gasteiger partial charge in [0.25, 0.3) is 5.91 Å². The first kappa shape index (κ1) is 18.9. The molecule has 1 heterocycles. The summed E-state index contributed by atoms with van der Waals surface area (Å²) in [5, 5.41) is 31.4. The molecule has 3 aromatic carbocycles.